The molecule has 0 radical (unpaired) electrons. The van der Waals surface area contributed by atoms with Crippen LogP contribution >= 0.6 is 12.2 Å². The first-order valence-electron chi connectivity index (χ1n) is 6.54. The summed E-state index contributed by atoms with van der Waals surface area (Å²) in [6.45, 7) is 0. The van der Waals surface area contributed by atoms with E-state index in [0.717, 1.165) is 11.3 Å². The van der Waals surface area contributed by atoms with E-state index in [9.17, 15) is 9.90 Å². The molecule has 0 aliphatic carbocycles. The summed E-state index contributed by atoms with van der Waals surface area (Å²) in [7, 11) is 0. The minimum absolute atomic E-state index is 0.296. The van der Waals surface area contributed by atoms with Gasteiger partial charge in [0.15, 0.2) is 5.11 Å². The smallest absolute Gasteiger partial charge is 0.326 e. The summed E-state index contributed by atoms with van der Waals surface area (Å²) in [4.78, 5) is 11.3. The zero-order valence-electron chi connectivity index (χ0n) is 11.3. The Morgan fingerprint density at radius 1 is 1.05 bits per heavy atom. The third kappa shape index (κ3) is 4.89. The number of carbonyl (C=O) groups is 1. The van der Waals surface area contributed by atoms with Crippen molar-refractivity contribution in [2.75, 3.05) is 5.32 Å². The number of nitrogens with one attached hydrogen (secondary N) is 2. The SMILES string of the molecule is O=C(O)C(Cc1ccccc1)NC(=S)Nc1ccccc1. The molecule has 0 fully saturated rings. The van der Waals surface area contributed by atoms with Crippen LogP contribution in [0.4, 0.5) is 5.69 Å². The average Bonchev–Trinajstić information content (AvgIpc) is 2.48. The Kier molecular flexibility index (Phi) is 5.29. The molecule has 0 aliphatic heterocycles. The Labute approximate surface area is 128 Å². The van der Waals surface area contributed by atoms with Crippen molar-refractivity contribution in [3.8, 4) is 0 Å². The number of hydrogen-bond acceptors (Lipinski definition) is 2. The van der Waals surface area contributed by atoms with Crippen LogP contribution in [0.1, 0.15) is 5.56 Å². The first-order valence-corrected chi connectivity index (χ1v) is 6.95. The Morgan fingerprint density at radius 2 is 1.62 bits per heavy atom. The predicted octanol–water partition coefficient (Wildman–Crippen LogP) is 2.67. The van der Waals surface area contributed by atoms with E-state index in [1.54, 1.807) is 0 Å². The molecule has 0 aliphatic rings. The minimum atomic E-state index is -0.934. The first kappa shape index (κ1) is 15.0. The molecule has 0 heterocycles. The summed E-state index contributed by atoms with van der Waals surface area (Å²) in [6.07, 6.45) is 0.368. The van der Waals surface area contributed by atoms with Gasteiger partial charge in [0.25, 0.3) is 0 Å². The van der Waals surface area contributed by atoms with Gasteiger partial charge in [0.2, 0.25) is 0 Å². The zero-order chi connectivity index (χ0) is 15.1. The largest absolute Gasteiger partial charge is 0.480 e. The van der Waals surface area contributed by atoms with Gasteiger partial charge >= 0.3 is 5.97 Å². The molecular weight excluding hydrogens is 284 g/mol. The quantitative estimate of drug-likeness (QED) is 0.741. The second-order valence-corrected chi connectivity index (χ2v) is 4.95. The van der Waals surface area contributed by atoms with Crippen molar-refractivity contribution in [2.24, 2.45) is 0 Å². The van der Waals surface area contributed by atoms with Gasteiger partial charge in [-0.2, -0.15) is 0 Å². The van der Waals surface area contributed by atoms with Gasteiger partial charge in [0.1, 0.15) is 6.04 Å². The Morgan fingerprint density at radius 3 is 2.19 bits per heavy atom. The zero-order valence-corrected chi connectivity index (χ0v) is 12.1. The van der Waals surface area contributed by atoms with E-state index in [2.05, 4.69) is 10.6 Å². The second kappa shape index (κ2) is 7.40. The average molecular weight is 300 g/mol. The van der Waals surface area contributed by atoms with Crippen molar-refractivity contribution in [3.63, 3.8) is 0 Å². The van der Waals surface area contributed by atoms with E-state index < -0.39 is 12.0 Å². The van der Waals surface area contributed by atoms with Crippen LogP contribution in [0.5, 0.6) is 0 Å². The summed E-state index contributed by atoms with van der Waals surface area (Å²) >= 11 is 5.16. The molecule has 0 bridgehead atoms. The van der Waals surface area contributed by atoms with Gasteiger partial charge in [-0.05, 0) is 29.9 Å². The lowest BCUT2D eigenvalue weighted by molar-refractivity contribution is -0.139. The van der Waals surface area contributed by atoms with Gasteiger partial charge in [-0.25, -0.2) is 4.79 Å². The summed E-state index contributed by atoms with van der Waals surface area (Å²) in [5.74, 6) is -0.934. The number of hydrogen-bond donors (Lipinski definition) is 3. The topological polar surface area (TPSA) is 61.4 Å². The summed E-state index contributed by atoms with van der Waals surface area (Å²) in [5.41, 5.74) is 1.76. The summed E-state index contributed by atoms with van der Waals surface area (Å²) in [6, 6.07) is 18.1. The molecule has 5 heteroatoms. The fourth-order valence-electron chi connectivity index (χ4n) is 1.90. The van der Waals surface area contributed by atoms with Gasteiger partial charge < -0.3 is 15.7 Å². The number of benzene rings is 2. The molecule has 21 heavy (non-hydrogen) atoms. The van der Waals surface area contributed by atoms with Crippen molar-refractivity contribution in [3.05, 3.63) is 66.2 Å². The van der Waals surface area contributed by atoms with E-state index in [0.29, 0.717) is 11.5 Å². The summed E-state index contributed by atoms with van der Waals surface area (Å²) in [5, 5.41) is 15.4. The highest BCUT2D eigenvalue weighted by Gasteiger charge is 2.18. The highest BCUT2D eigenvalue weighted by Crippen LogP contribution is 2.06. The summed E-state index contributed by atoms with van der Waals surface area (Å²) < 4.78 is 0. The van der Waals surface area contributed by atoms with Gasteiger partial charge in [-0.15, -0.1) is 0 Å². The lowest BCUT2D eigenvalue weighted by atomic mass is 10.1. The number of thiocarbonyl (C=S) groups is 1. The lowest BCUT2D eigenvalue weighted by Gasteiger charge is -2.17. The van der Waals surface area contributed by atoms with Crippen molar-refractivity contribution in [2.45, 2.75) is 12.5 Å². The molecule has 4 nitrogen and oxygen atoms in total. The molecule has 2 aromatic rings. The van der Waals surface area contributed by atoms with Crippen molar-refractivity contribution >= 4 is 29.0 Å². The molecular formula is C16H16N2O2S. The molecule has 108 valence electrons. The van der Waals surface area contributed by atoms with Crippen LogP contribution in [0.2, 0.25) is 0 Å². The second-order valence-electron chi connectivity index (χ2n) is 4.55. The normalized spacial score (nSPS) is 11.4. The molecule has 3 N–H and O–H groups in total. The molecule has 0 spiro atoms. The maximum atomic E-state index is 11.3. The first-order chi connectivity index (χ1) is 10.1. The van der Waals surface area contributed by atoms with Gasteiger partial charge in [0, 0.05) is 12.1 Å². The van der Waals surface area contributed by atoms with E-state index in [1.165, 1.54) is 0 Å². The van der Waals surface area contributed by atoms with Crippen LogP contribution in [0.3, 0.4) is 0 Å². The Bertz CT molecular complexity index is 602. The fraction of sp³-hybridized carbons (Fsp3) is 0.125. The van der Waals surface area contributed by atoms with Crippen LogP contribution in [-0.2, 0) is 11.2 Å². The maximum absolute atomic E-state index is 11.3. The van der Waals surface area contributed by atoms with Gasteiger partial charge in [-0.1, -0.05) is 48.5 Å². The molecule has 0 saturated carbocycles. The van der Waals surface area contributed by atoms with E-state index in [4.69, 9.17) is 12.2 Å². The highest BCUT2D eigenvalue weighted by molar-refractivity contribution is 7.80. The number of anilines is 1. The fourth-order valence-corrected chi connectivity index (χ4v) is 2.16. The molecule has 1 unspecified atom stereocenters. The predicted molar refractivity (Wildman–Crippen MR) is 87.4 cm³/mol. The van der Waals surface area contributed by atoms with E-state index in [-0.39, 0.29) is 0 Å². The molecule has 0 aromatic heterocycles. The van der Waals surface area contributed by atoms with Crippen molar-refractivity contribution in [1.82, 2.24) is 5.32 Å². The number of para-hydroxylation sites is 1. The van der Waals surface area contributed by atoms with Gasteiger partial charge in [0.05, 0.1) is 0 Å². The van der Waals surface area contributed by atoms with Gasteiger partial charge in [-0.3, -0.25) is 0 Å². The molecule has 0 amide bonds. The third-order valence-corrected chi connectivity index (χ3v) is 3.14. The molecule has 1 atom stereocenters. The van der Waals surface area contributed by atoms with Crippen LogP contribution in [0.25, 0.3) is 0 Å². The molecule has 0 saturated heterocycles. The number of rotatable bonds is 5. The molecule has 2 rings (SSSR count). The minimum Gasteiger partial charge on any atom is -0.480 e. The van der Waals surface area contributed by atoms with Crippen molar-refractivity contribution in [1.29, 1.82) is 0 Å². The van der Waals surface area contributed by atoms with Crippen LogP contribution in [-0.4, -0.2) is 22.2 Å². The number of carboxylic acid groups (broad SMARTS) is 1. The lowest BCUT2D eigenvalue weighted by Crippen LogP contribution is -2.44. The van der Waals surface area contributed by atoms with Crippen molar-refractivity contribution < 1.29 is 9.90 Å². The van der Waals surface area contributed by atoms with E-state index >= 15 is 0 Å². The monoisotopic (exact) mass is 300 g/mol. The van der Waals surface area contributed by atoms with Crippen LogP contribution < -0.4 is 10.6 Å². The number of carboxylic acids is 1. The maximum Gasteiger partial charge on any atom is 0.326 e. The standard InChI is InChI=1S/C16H16N2O2S/c19-15(20)14(11-12-7-3-1-4-8-12)18-16(21)17-13-9-5-2-6-10-13/h1-10,14H,11H2,(H,19,20)(H2,17,18,21). The van der Waals surface area contributed by atoms with Crippen LogP contribution in [0.15, 0.2) is 60.7 Å². The molecule has 2 aromatic carbocycles. The Hall–Kier alpha value is -2.40. The number of aliphatic carboxylic acids is 1. The Balaban J connectivity index is 1.96. The third-order valence-electron chi connectivity index (χ3n) is 2.92. The van der Waals surface area contributed by atoms with E-state index in [1.807, 2.05) is 60.7 Å². The highest BCUT2D eigenvalue weighted by atomic mass is 32.1. The van der Waals surface area contributed by atoms with Crippen LogP contribution in [0, 0.1) is 0 Å².